The molecule has 0 saturated heterocycles. The lowest BCUT2D eigenvalue weighted by Crippen LogP contribution is -2.06. The van der Waals surface area contributed by atoms with E-state index in [0.29, 0.717) is 0 Å². The first-order valence-electron chi connectivity index (χ1n) is 3.28. The fourth-order valence-electron chi connectivity index (χ4n) is 0.780. The molecule has 0 unspecified atom stereocenters. The van der Waals surface area contributed by atoms with Gasteiger partial charge in [0.05, 0.1) is 5.02 Å². The molecular formula is C8H7ClF2O. The third kappa shape index (κ3) is 1.85. The van der Waals surface area contributed by atoms with Gasteiger partial charge in [-0.2, -0.15) is 0 Å². The number of hydrogen-bond donors (Lipinski definition) is 1. The van der Waals surface area contributed by atoms with Gasteiger partial charge in [0.25, 0.3) is 5.92 Å². The second-order valence-corrected chi connectivity index (χ2v) is 2.96. The Balaban J connectivity index is 3.14. The van der Waals surface area contributed by atoms with Gasteiger partial charge in [-0.05, 0) is 18.2 Å². The first kappa shape index (κ1) is 9.26. The van der Waals surface area contributed by atoms with Crippen molar-refractivity contribution in [3.8, 4) is 5.75 Å². The number of phenols is 1. The van der Waals surface area contributed by atoms with Crippen LogP contribution in [0.3, 0.4) is 0 Å². The molecule has 4 heteroatoms. The average molecular weight is 193 g/mol. The molecule has 0 aliphatic carbocycles. The molecule has 0 spiro atoms. The van der Waals surface area contributed by atoms with Gasteiger partial charge in [0.15, 0.2) is 0 Å². The highest BCUT2D eigenvalue weighted by Gasteiger charge is 2.24. The maximum absolute atomic E-state index is 12.6. The molecule has 0 fully saturated rings. The molecule has 1 nitrogen and oxygen atoms in total. The van der Waals surface area contributed by atoms with E-state index in [-0.39, 0.29) is 16.3 Å². The predicted octanol–water partition coefficient (Wildman–Crippen LogP) is 3.16. The van der Waals surface area contributed by atoms with Crippen LogP contribution in [0.4, 0.5) is 8.78 Å². The minimum absolute atomic E-state index is 0.0611. The smallest absolute Gasteiger partial charge is 0.270 e. The highest BCUT2D eigenvalue weighted by molar-refractivity contribution is 6.32. The Morgan fingerprint density at radius 2 is 2.00 bits per heavy atom. The van der Waals surface area contributed by atoms with E-state index in [2.05, 4.69) is 0 Å². The summed E-state index contributed by atoms with van der Waals surface area (Å²) in [5.74, 6) is -3.11. The maximum atomic E-state index is 12.6. The van der Waals surface area contributed by atoms with Crippen molar-refractivity contribution >= 4 is 11.6 Å². The van der Waals surface area contributed by atoms with E-state index < -0.39 is 5.92 Å². The summed E-state index contributed by atoms with van der Waals surface area (Å²) in [6.07, 6.45) is 0. The van der Waals surface area contributed by atoms with Crippen molar-refractivity contribution < 1.29 is 13.9 Å². The van der Waals surface area contributed by atoms with Crippen molar-refractivity contribution in [2.75, 3.05) is 0 Å². The van der Waals surface area contributed by atoms with E-state index in [0.717, 1.165) is 25.1 Å². The SMILES string of the molecule is CC(F)(F)c1ccc(O)c(Cl)c1. The lowest BCUT2D eigenvalue weighted by Gasteiger charge is -2.10. The Labute approximate surface area is 73.6 Å². The van der Waals surface area contributed by atoms with Gasteiger partial charge < -0.3 is 5.11 Å². The van der Waals surface area contributed by atoms with E-state index in [1.807, 2.05) is 0 Å². The fourth-order valence-corrected chi connectivity index (χ4v) is 0.960. The van der Waals surface area contributed by atoms with E-state index in [1.54, 1.807) is 0 Å². The molecule has 0 radical (unpaired) electrons. The molecule has 0 heterocycles. The molecule has 1 aromatic rings. The normalized spacial score (nSPS) is 11.7. The van der Waals surface area contributed by atoms with Crippen LogP contribution in [0.1, 0.15) is 12.5 Å². The average Bonchev–Trinajstić information content (AvgIpc) is 1.92. The molecule has 12 heavy (non-hydrogen) atoms. The minimum Gasteiger partial charge on any atom is -0.506 e. The quantitative estimate of drug-likeness (QED) is 0.725. The highest BCUT2D eigenvalue weighted by Crippen LogP contribution is 2.32. The lowest BCUT2D eigenvalue weighted by atomic mass is 10.1. The van der Waals surface area contributed by atoms with E-state index >= 15 is 0 Å². The van der Waals surface area contributed by atoms with Gasteiger partial charge >= 0.3 is 0 Å². The Morgan fingerprint density at radius 3 is 2.42 bits per heavy atom. The van der Waals surface area contributed by atoms with Gasteiger partial charge in [0.2, 0.25) is 0 Å². The summed E-state index contributed by atoms with van der Waals surface area (Å²) < 4.78 is 25.3. The van der Waals surface area contributed by atoms with Crippen LogP contribution in [0.25, 0.3) is 0 Å². The fraction of sp³-hybridized carbons (Fsp3) is 0.250. The second kappa shape index (κ2) is 2.90. The molecule has 1 N–H and O–H groups in total. The Kier molecular flexibility index (Phi) is 2.24. The van der Waals surface area contributed by atoms with Crippen LogP contribution in [0.15, 0.2) is 18.2 Å². The largest absolute Gasteiger partial charge is 0.506 e. The van der Waals surface area contributed by atoms with Crippen LogP contribution in [0, 0.1) is 0 Å². The summed E-state index contributed by atoms with van der Waals surface area (Å²) in [5.41, 5.74) is -0.203. The Bertz CT molecular complexity index is 294. The third-order valence-corrected chi connectivity index (χ3v) is 1.76. The number of benzene rings is 1. The summed E-state index contributed by atoms with van der Waals surface area (Å²) in [6.45, 7) is 0.774. The Hall–Kier alpha value is -0.830. The summed E-state index contributed by atoms with van der Waals surface area (Å²) in [7, 11) is 0. The second-order valence-electron chi connectivity index (χ2n) is 2.55. The summed E-state index contributed by atoms with van der Waals surface area (Å²) in [5, 5.41) is 8.87. The Morgan fingerprint density at radius 1 is 1.42 bits per heavy atom. The first-order chi connectivity index (χ1) is 5.41. The molecule has 0 bridgehead atoms. The lowest BCUT2D eigenvalue weighted by molar-refractivity contribution is 0.0174. The van der Waals surface area contributed by atoms with E-state index in [4.69, 9.17) is 16.7 Å². The van der Waals surface area contributed by atoms with Crippen LogP contribution >= 0.6 is 11.6 Å². The number of aromatic hydroxyl groups is 1. The number of phenolic OH excluding ortho intramolecular Hbond substituents is 1. The van der Waals surface area contributed by atoms with Crippen LogP contribution in [-0.2, 0) is 5.92 Å². The zero-order valence-corrected chi connectivity index (χ0v) is 7.07. The van der Waals surface area contributed by atoms with E-state index in [9.17, 15) is 8.78 Å². The summed E-state index contributed by atoms with van der Waals surface area (Å²) >= 11 is 5.44. The minimum atomic E-state index is -2.92. The number of hydrogen-bond acceptors (Lipinski definition) is 1. The number of alkyl halides is 2. The van der Waals surface area contributed by atoms with Crippen molar-refractivity contribution in [1.82, 2.24) is 0 Å². The van der Waals surface area contributed by atoms with Gasteiger partial charge in [-0.15, -0.1) is 0 Å². The van der Waals surface area contributed by atoms with Crippen LogP contribution in [0.2, 0.25) is 5.02 Å². The summed E-state index contributed by atoms with van der Waals surface area (Å²) in [6, 6.07) is 3.34. The first-order valence-corrected chi connectivity index (χ1v) is 3.66. The molecule has 0 amide bonds. The zero-order valence-electron chi connectivity index (χ0n) is 6.31. The van der Waals surface area contributed by atoms with Gasteiger partial charge in [-0.3, -0.25) is 0 Å². The molecular weight excluding hydrogens is 186 g/mol. The molecule has 1 rings (SSSR count). The predicted molar refractivity (Wildman–Crippen MR) is 42.7 cm³/mol. The molecule has 66 valence electrons. The monoisotopic (exact) mass is 192 g/mol. The molecule has 1 aromatic carbocycles. The molecule has 0 aromatic heterocycles. The van der Waals surface area contributed by atoms with Crippen molar-refractivity contribution in [1.29, 1.82) is 0 Å². The molecule has 0 aliphatic heterocycles. The molecule has 0 atom stereocenters. The van der Waals surface area contributed by atoms with Crippen LogP contribution in [0.5, 0.6) is 5.75 Å². The van der Waals surface area contributed by atoms with Crippen LogP contribution in [-0.4, -0.2) is 5.11 Å². The van der Waals surface area contributed by atoms with Gasteiger partial charge in [-0.1, -0.05) is 11.6 Å². The van der Waals surface area contributed by atoms with Crippen molar-refractivity contribution in [3.05, 3.63) is 28.8 Å². The topological polar surface area (TPSA) is 20.2 Å². The van der Waals surface area contributed by atoms with Crippen molar-refractivity contribution in [3.63, 3.8) is 0 Å². The zero-order chi connectivity index (χ0) is 9.35. The maximum Gasteiger partial charge on any atom is 0.270 e. The van der Waals surface area contributed by atoms with Crippen molar-refractivity contribution in [2.45, 2.75) is 12.8 Å². The van der Waals surface area contributed by atoms with Gasteiger partial charge in [0, 0.05) is 12.5 Å². The molecule has 0 aliphatic rings. The number of rotatable bonds is 1. The van der Waals surface area contributed by atoms with Gasteiger partial charge in [-0.25, -0.2) is 8.78 Å². The van der Waals surface area contributed by atoms with Crippen molar-refractivity contribution in [2.24, 2.45) is 0 Å². The van der Waals surface area contributed by atoms with E-state index in [1.165, 1.54) is 0 Å². The van der Waals surface area contributed by atoms with Crippen LogP contribution < -0.4 is 0 Å². The number of halogens is 3. The standard InChI is InChI=1S/C8H7ClF2O/c1-8(10,11)5-2-3-7(12)6(9)4-5/h2-4,12H,1H3. The highest BCUT2D eigenvalue weighted by atomic mass is 35.5. The summed E-state index contributed by atoms with van der Waals surface area (Å²) in [4.78, 5) is 0. The molecule has 0 saturated carbocycles. The van der Waals surface area contributed by atoms with Gasteiger partial charge in [0.1, 0.15) is 5.75 Å². The third-order valence-electron chi connectivity index (χ3n) is 1.45.